The molecule has 1 aromatic carbocycles. The molecule has 78 valence electrons. The molecule has 4 heteroatoms. The first-order chi connectivity index (χ1) is 7.25. The zero-order chi connectivity index (χ0) is 10.7. The molecule has 0 aliphatic carbocycles. The van der Waals surface area contributed by atoms with E-state index < -0.39 is 0 Å². The minimum atomic E-state index is -0.0356. The molecule has 0 spiro atoms. The second kappa shape index (κ2) is 4.23. The average Bonchev–Trinajstić information content (AvgIpc) is 2.70. The van der Waals surface area contributed by atoms with Gasteiger partial charge < -0.3 is 5.73 Å². The van der Waals surface area contributed by atoms with Crippen LogP contribution in [-0.2, 0) is 6.54 Å². The minimum Gasteiger partial charge on any atom is -0.322 e. The SMILES string of the molecule is Cc1cccc(C(N)Cn2cncn2)c1. The number of rotatable bonds is 3. The van der Waals surface area contributed by atoms with E-state index >= 15 is 0 Å². The molecule has 2 aromatic rings. The van der Waals surface area contributed by atoms with Gasteiger partial charge in [0.1, 0.15) is 12.7 Å². The van der Waals surface area contributed by atoms with Crippen molar-refractivity contribution >= 4 is 0 Å². The number of hydrogen-bond acceptors (Lipinski definition) is 3. The maximum absolute atomic E-state index is 6.07. The average molecular weight is 202 g/mol. The van der Waals surface area contributed by atoms with Gasteiger partial charge in [-0.3, -0.25) is 4.68 Å². The highest BCUT2D eigenvalue weighted by Gasteiger charge is 2.06. The summed E-state index contributed by atoms with van der Waals surface area (Å²) in [5.41, 5.74) is 8.42. The Balaban J connectivity index is 2.11. The fraction of sp³-hybridized carbons (Fsp3) is 0.273. The molecule has 0 amide bonds. The number of nitrogens with zero attached hydrogens (tertiary/aromatic N) is 3. The molecule has 15 heavy (non-hydrogen) atoms. The van der Waals surface area contributed by atoms with Crippen LogP contribution in [0.2, 0.25) is 0 Å². The Morgan fingerprint density at radius 1 is 1.47 bits per heavy atom. The fourth-order valence-corrected chi connectivity index (χ4v) is 1.53. The molecule has 1 heterocycles. The summed E-state index contributed by atoms with van der Waals surface area (Å²) in [5.74, 6) is 0. The second-order valence-electron chi connectivity index (χ2n) is 3.64. The highest BCUT2D eigenvalue weighted by molar-refractivity contribution is 5.24. The van der Waals surface area contributed by atoms with Gasteiger partial charge in [-0.25, -0.2) is 4.98 Å². The molecule has 0 aliphatic heterocycles. The summed E-state index contributed by atoms with van der Waals surface area (Å²) in [6, 6.07) is 8.18. The Morgan fingerprint density at radius 3 is 3.00 bits per heavy atom. The van der Waals surface area contributed by atoms with Crippen LogP contribution in [0.15, 0.2) is 36.9 Å². The monoisotopic (exact) mass is 202 g/mol. The van der Waals surface area contributed by atoms with Crippen molar-refractivity contribution in [3.63, 3.8) is 0 Å². The first-order valence-corrected chi connectivity index (χ1v) is 4.90. The molecule has 1 unspecified atom stereocenters. The van der Waals surface area contributed by atoms with Crippen molar-refractivity contribution in [3.05, 3.63) is 48.0 Å². The van der Waals surface area contributed by atoms with Gasteiger partial charge in [0.05, 0.1) is 6.54 Å². The van der Waals surface area contributed by atoms with Gasteiger partial charge in [-0.05, 0) is 12.5 Å². The van der Waals surface area contributed by atoms with Crippen LogP contribution < -0.4 is 5.73 Å². The lowest BCUT2D eigenvalue weighted by atomic mass is 10.1. The van der Waals surface area contributed by atoms with Gasteiger partial charge in [0.25, 0.3) is 0 Å². The van der Waals surface area contributed by atoms with Gasteiger partial charge in [0.2, 0.25) is 0 Å². The molecule has 2 rings (SSSR count). The third-order valence-electron chi connectivity index (χ3n) is 2.32. The lowest BCUT2D eigenvalue weighted by Gasteiger charge is -2.12. The maximum Gasteiger partial charge on any atom is 0.137 e. The Morgan fingerprint density at radius 2 is 2.33 bits per heavy atom. The van der Waals surface area contributed by atoms with E-state index in [-0.39, 0.29) is 6.04 Å². The molecule has 4 nitrogen and oxygen atoms in total. The largest absolute Gasteiger partial charge is 0.322 e. The summed E-state index contributed by atoms with van der Waals surface area (Å²) < 4.78 is 1.74. The van der Waals surface area contributed by atoms with Crippen LogP contribution in [0.3, 0.4) is 0 Å². The van der Waals surface area contributed by atoms with Crippen LogP contribution in [0.25, 0.3) is 0 Å². The van der Waals surface area contributed by atoms with E-state index in [1.807, 2.05) is 12.1 Å². The van der Waals surface area contributed by atoms with Crippen LogP contribution in [0.4, 0.5) is 0 Å². The lowest BCUT2D eigenvalue weighted by Crippen LogP contribution is -2.17. The Bertz CT molecular complexity index is 422. The van der Waals surface area contributed by atoms with Crippen molar-refractivity contribution in [1.82, 2.24) is 14.8 Å². The van der Waals surface area contributed by atoms with Gasteiger partial charge in [-0.2, -0.15) is 5.10 Å². The van der Waals surface area contributed by atoms with E-state index in [2.05, 4.69) is 29.1 Å². The molecular weight excluding hydrogens is 188 g/mol. The molecule has 0 saturated carbocycles. The molecule has 1 aromatic heterocycles. The summed E-state index contributed by atoms with van der Waals surface area (Å²) in [6.45, 7) is 2.72. The summed E-state index contributed by atoms with van der Waals surface area (Å²) >= 11 is 0. The highest BCUT2D eigenvalue weighted by Crippen LogP contribution is 2.13. The summed E-state index contributed by atoms with van der Waals surface area (Å²) in [4.78, 5) is 3.88. The van der Waals surface area contributed by atoms with Crippen LogP contribution in [0.1, 0.15) is 17.2 Å². The predicted octanol–water partition coefficient (Wildman–Crippen LogP) is 1.29. The summed E-state index contributed by atoms with van der Waals surface area (Å²) in [5, 5.41) is 4.03. The van der Waals surface area contributed by atoms with Gasteiger partial charge in [0.15, 0.2) is 0 Å². The second-order valence-corrected chi connectivity index (χ2v) is 3.64. The molecular formula is C11H14N4. The first-order valence-electron chi connectivity index (χ1n) is 4.90. The van der Waals surface area contributed by atoms with Gasteiger partial charge in [0, 0.05) is 6.04 Å². The summed E-state index contributed by atoms with van der Waals surface area (Å²) in [6.07, 6.45) is 3.19. The topological polar surface area (TPSA) is 56.7 Å². The van der Waals surface area contributed by atoms with Crippen LogP contribution in [0, 0.1) is 6.92 Å². The van der Waals surface area contributed by atoms with E-state index in [4.69, 9.17) is 5.73 Å². The van der Waals surface area contributed by atoms with E-state index in [9.17, 15) is 0 Å². The third kappa shape index (κ3) is 2.41. The Labute approximate surface area is 88.8 Å². The molecule has 2 N–H and O–H groups in total. The van der Waals surface area contributed by atoms with Crippen molar-refractivity contribution in [1.29, 1.82) is 0 Å². The number of hydrogen-bond donors (Lipinski definition) is 1. The quantitative estimate of drug-likeness (QED) is 0.815. The van der Waals surface area contributed by atoms with Crippen molar-refractivity contribution in [2.75, 3.05) is 0 Å². The van der Waals surface area contributed by atoms with Gasteiger partial charge in [-0.1, -0.05) is 29.8 Å². The van der Waals surface area contributed by atoms with E-state index in [1.165, 1.54) is 11.9 Å². The van der Waals surface area contributed by atoms with E-state index in [0.29, 0.717) is 6.54 Å². The highest BCUT2D eigenvalue weighted by atomic mass is 15.3. The van der Waals surface area contributed by atoms with Crippen LogP contribution in [-0.4, -0.2) is 14.8 Å². The Kier molecular flexibility index (Phi) is 2.78. The summed E-state index contributed by atoms with van der Waals surface area (Å²) in [7, 11) is 0. The van der Waals surface area contributed by atoms with E-state index in [0.717, 1.165) is 5.56 Å². The number of aromatic nitrogens is 3. The standard InChI is InChI=1S/C11H14N4/c1-9-3-2-4-10(5-9)11(12)6-15-8-13-7-14-15/h2-5,7-8,11H,6,12H2,1H3. The van der Waals surface area contributed by atoms with E-state index in [1.54, 1.807) is 11.0 Å². The minimum absolute atomic E-state index is 0.0356. The van der Waals surface area contributed by atoms with Gasteiger partial charge >= 0.3 is 0 Å². The lowest BCUT2D eigenvalue weighted by molar-refractivity contribution is 0.526. The predicted molar refractivity (Wildman–Crippen MR) is 58.1 cm³/mol. The first kappa shape index (κ1) is 9.86. The third-order valence-corrected chi connectivity index (χ3v) is 2.32. The molecule has 0 fully saturated rings. The van der Waals surface area contributed by atoms with Crippen molar-refractivity contribution in [2.45, 2.75) is 19.5 Å². The molecule has 0 saturated heterocycles. The zero-order valence-electron chi connectivity index (χ0n) is 8.67. The number of benzene rings is 1. The van der Waals surface area contributed by atoms with Crippen molar-refractivity contribution in [3.8, 4) is 0 Å². The van der Waals surface area contributed by atoms with Crippen molar-refractivity contribution < 1.29 is 0 Å². The van der Waals surface area contributed by atoms with Crippen LogP contribution >= 0.6 is 0 Å². The maximum atomic E-state index is 6.07. The molecule has 0 bridgehead atoms. The van der Waals surface area contributed by atoms with Gasteiger partial charge in [-0.15, -0.1) is 0 Å². The zero-order valence-corrected chi connectivity index (χ0v) is 8.67. The number of aryl methyl sites for hydroxylation is 1. The Hall–Kier alpha value is -1.68. The molecule has 1 atom stereocenters. The molecule has 0 aliphatic rings. The number of nitrogens with two attached hydrogens (primary N) is 1. The van der Waals surface area contributed by atoms with Crippen molar-refractivity contribution in [2.24, 2.45) is 5.73 Å². The normalized spacial score (nSPS) is 12.7. The smallest absolute Gasteiger partial charge is 0.137 e. The molecule has 0 radical (unpaired) electrons. The fourth-order valence-electron chi connectivity index (χ4n) is 1.53. The van der Waals surface area contributed by atoms with Crippen LogP contribution in [0.5, 0.6) is 0 Å².